The van der Waals surface area contributed by atoms with Crippen molar-refractivity contribution in [3.05, 3.63) is 54.0 Å². The summed E-state index contributed by atoms with van der Waals surface area (Å²) in [5, 5.41) is 5.76. The maximum absolute atomic E-state index is 11.5. The molecule has 0 unspecified atom stereocenters. The van der Waals surface area contributed by atoms with Crippen LogP contribution in [0.15, 0.2) is 54.0 Å². The lowest BCUT2D eigenvalue weighted by Gasteiger charge is -2.05. The number of amides is 1. The van der Waals surface area contributed by atoms with Crippen molar-refractivity contribution >= 4 is 22.9 Å². The molecule has 1 aromatic carbocycles. The van der Waals surface area contributed by atoms with Crippen molar-refractivity contribution in [3.8, 4) is 22.0 Å². The van der Waals surface area contributed by atoms with Crippen molar-refractivity contribution in [2.75, 3.05) is 5.32 Å². The highest BCUT2D eigenvalue weighted by molar-refractivity contribution is 7.13. The van der Waals surface area contributed by atoms with E-state index in [-0.39, 0.29) is 5.91 Å². The second kappa shape index (κ2) is 6.49. The lowest BCUT2D eigenvalue weighted by molar-refractivity contribution is -0.115. The molecule has 0 aliphatic carbocycles. The quantitative estimate of drug-likeness (QED) is 0.785. The molecular weight excluding hydrogens is 294 g/mol. The molecule has 2 aromatic heterocycles. The monoisotopic (exact) mass is 309 g/mol. The highest BCUT2D eigenvalue weighted by Gasteiger charge is 2.08. The largest absolute Gasteiger partial charge is 0.326 e. The first-order chi connectivity index (χ1) is 10.8. The van der Waals surface area contributed by atoms with Crippen molar-refractivity contribution < 1.29 is 4.79 Å². The minimum absolute atomic E-state index is 0.00426. The number of benzene rings is 1. The summed E-state index contributed by atoms with van der Waals surface area (Å²) < 4.78 is 0. The van der Waals surface area contributed by atoms with Gasteiger partial charge in [0, 0.05) is 29.2 Å². The summed E-state index contributed by atoms with van der Waals surface area (Å²) in [6.07, 6.45) is 2.22. The smallest absolute Gasteiger partial charge is 0.224 e. The number of carbonyl (C=O) groups excluding carboxylic acids is 1. The van der Waals surface area contributed by atoms with E-state index < -0.39 is 0 Å². The van der Waals surface area contributed by atoms with Crippen LogP contribution >= 0.6 is 11.3 Å². The molecule has 1 N–H and O–H groups in total. The SMILES string of the molecule is CCC(=O)Nc1cccc(-c2csc(-c3ccccn3)n2)c1. The van der Waals surface area contributed by atoms with Crippen molar-refractivity contribution in [1.82, 2.24) is 9.97 Å². The highest BCUT2D eigenvalue weighted by atomic mass is 32.1. The van der Waals surface area contributed by atoms with E-state index in [2.05, 4.69) is 15.3 Å². The molecule has 5 heteroatoms. The summed E-state index contributed by atoms with van der Waals surface area (Å²) in [5.41, 5.74) is 3.52. The molecule has 0 fully saturated rings. The zero-order valence-corrected chi connectivity index (χ0v) is 12.9. The average Bonchev–Trinajstić information content (AvgIpc) is 3.06. The van der Waals surface area contributed by atoms with Crippen LogP contribution in [0.25, 0.3) is 22.0 Å². The number of nitrogens with one attached hydrogen (secondary N) is 1. The van der Waals surface area contributed by atoms with Crippen LogP contribution in [0.1, 0.15) is 13.3 Å². The second-order valence-corrected chi connectivity index (χ2v) is 5.59. The molecule has 0 aliphatic heterocycles. The fraction of sp³-hybridized carbons (Fsp3) is 0.118. The first kappa shape index (κ1) is 14.4. The van der Waals surface area contributed by atoms with Gasteiger partial charge >= 0.3 is 0 Å². The number of pyridine rings is 1. The van der Waals surface area contributed by atoms with Crippen LogP contribution in [-0.4, -0.2) is 15.9 Å². The predicted molar refractivity (Wildman–Crippen MR) is 89.7 cm³/mol. The number of anilines is 1. The van der Waals surface area contributed by atoms with E-state index in [1.165, 1.54) is 0 Å². The van der Waals surface area contributed by atoms with Gasteiger partial charge in [-0.25, -0.2) is 4.98 Å². The number of carbonyl (C=O) groups is 1. The Kier molecular flexibility index (Phi) is 4.25. The normalized spacial score (nSPS) is 10.4. The highest BCUT2D eigenvalue weighted by Crippen LogP contribution is 2.28. The molecule has 3 rings (SSSR count). The van der Waals surface area contributed by atoms with Crippen LogP contribution in [0.4, 0.5) is 5.69 Å². The standard InChI is InChI=1S/C17H15N3OS/c1-2-16(21)19-13-7-5-6-12(10-13)15-11-22-17(20-15)14-8-3-4-9-18-14/h3-11H,2H2,1H3,(H,19,21). The summed E-state index contributed by atoms with van der Waals surface area (Å²) in [5.74, 6) is 0.00426. The second-order valence-electron chi connectivity index (χ2n) is 4.74. The summed E-state index contributed by atoms with van der Waals surface area (Å²) in [6.45, 7) is 1.83. The molecule has 4 nitrogen and oxygen atoms in total. The minimum Gasteiger partial charge on any atom is -0.326 e. The van der Waals surface area contributed by atoms with Gasteiger partial charge in [0.25, 0.3) is 0 Å². The minimum atomic E-state index is 0.00426. The van der Waals surface area contributed by atoms with Gasteiger partial charge in [-0.2, -0.15) is 0 Å². The Morgan fingerprint density at radius 1 is 1.18 bits per heavy atom. The Balaban J connectivity index is 1.87. The Bertz CT molecular complexity index is 783. The Morgan fingerprint density at radius 3 is 2.86 bits per heavy atom. The van der Waals surface area contributed by atoms with Crippen molar-refractivity contribution in [2.45, 2.75) is 13.3 Å². The molecule has 0 atom stereocenters. The van der Waals surface area contributed by atoms with E-state index >= 15 is 0 Å². The number of aromatic nitrogens is 2. The van der Waals surface area contributed by atoms with Crippen LogP contribution in [0.5, 0.6) is 0 Å². The zero-order chi connectivity index (χ0) is 15.4. The molecule has 0 bridgehead atoms. The molecule has 0 spiro atoms. The Labute approximate surface area is 132 Å². The Hall–Kier alpha value is -2.53. The van der Waals surface area contributed by atoms with Crippen LogP contribution in [-0.2, 0) is 4.79 Å². The van der Waals surface area contributed by atoms with Gasteiger partial charge in [0.1, 0.15) is 5.01 Å². The van der Waals surface area contributed by atoms with E-state index in [1.54, 1.807) is 17.5 Å². The number of hydrogen-bond acceptors (Lipinski definition) is 4. The molecule has 1 amide bonds. The molecule has 3 aromatic rings. The van der Waals surface area contributed by atoms with Crippen LogP contribution in [0.3, 0.4) is 0 Å². The van der Waals surface area contributed by atoms with Gasteiger partial charge in [-0.3, -0.25) is 9.78 Å². The maximum atomic E-state index is 11.5. The third-order valence-electron chi connectivity index (χ3n) is 3.15. The summed E-state index contributed by atoms with van der Waals surface area (Å²) >= 11 is 1.56. The van der Waals surface area contributed by atoms with Gasteiger partial charge in [-0.15, -0.1) is 11.3 Å². The topological polar surface area (TPSA) is 54.9 Å². The van der Waals surface area contributed by atoms with Gasteiger partial charge in [0.2, 0.25) is 5.91 Å². The molecular formula is C17H15N3OS. The van der Waals surface area contributed by atoms with Gasteiger partial charge in [0.05, 0.1) is 11.4 Å². The van der Waals surface area contributed by atoms with Crippen molar-refractivity contribution in [3.63, 3.8) is 0 Å². The molecule has 0 saturated carbocycles. The fourth-order valence-electron chi connectivity index (χ4n) is 2.02. The van der Waals surface area contributed by atoms with Crippen LogP contribution in [0.2, 0.25) is 0 Å². The fourth-order valence-corrected chi connectivity index (χ4v) is 2.82. The first-order valence-electron chi connectivity index (χ1n) is 7.03. The third-order valence-corrected chi connectivity index (χ3v) is 4.02. The van der Waals surface area contributed by atoms with Crippen LogP contribution < -0.4 is 5.32 Å². The Morgan fingerprint density at radius 2 is 2.09 bits per heavy atom. The van der Waals surface area contributed by atoms with Crippen LogP contribution in [0, 0.1) is 0 Å². The van der Waals surface area contributed by atoms with Gasteiger partial charge in [-0.05, 0) is 24.3 Å². The van der Waals surface area contributed by atoms with E-state index in [0.29, 0.717) is 6.42 Å². The first-order valence-corrected chi connectivity index (χ1v) is 7.91. The van der Waals surface area contributed by atoms with Crippen molar-refractivity contribution in [2.24, 2.45) is 0 Å². The van der Waals surface area contributed by atoms with E-state index in [9.17, 15) is 4.79 Å². The lowest BCUT2D eigenvalue weighted by atomic mass is 10.1. The van der Waals surface area contributed by atoms with E-state index in [1.807, 2.05) is 54.8 Å². The van der Waals surface area contributed by atoms with E-state index in [0.717, 1.165) is 27.6 Å². The van der Waals surface area contributed by atoms with Gasteiger partial charge < -0.3 is 5.32 Å². The molecule has 0 aliphatic rings. The van der Waals surface area contributed by atoms with E-state index in [4.69, 9.17) is 0 Å². The molecule has 22 heavy (non-hydrogen) atoms. The average molecular weight is 309 g/mol. The number of thiazole rings is 1. The number of rotatable bonds is 4. The molecule has 0 radical (unpaired) electrons. The number of nitrogens with zero attached hydrogens (tertiary/aromatic N) is 2. The molecule has 0 saturated heterocycles. The maximum Gasteiger partial charge on any atom is 0.224 e. The predicted octanol–water partition coefficient (Wildman–Crippen LogP) is 4.22. The summed E-state index contributed by atoms with van der Waals surface area (Å²) in [7, 11) is 0. The molecule has 110 valence electrons. The third kappa shape index (κ3) is 3.20. The molecule has 2 heterocycles. The summed E-state index contributed by atoms with van der Waals surface area (Å²) in [4.78, 5) is 20.4. The zero-order valence-electron chi connectivity index (χ0n) is 12.1. The summed E-state index contributed by atoms with van der Waals surface area (Å²) in [6, 6.07) is 13.5. The van der Waals surface area contributed by atoms with Gasteiger partial charge in [0.15, 0.2) is 0 Å². The van der Waals surface area contributed by atoms with Crippen molar-refractivity contribution in [1.29, 1.82) is 0 Å². The van der Waals surface area contributed by atoms with Gasteiger partial charge in [-0.1, -0.05) is 25.1 Å². The number of hydrogen-bond donors (Lipinski definition) is 1. The lowest BCUT2D eigenvalue weighted by Crippen LogP contribution is -2.09.